The van der Waals surface area contributed by atoms with Gasteiger partial charge in [0.1, 0.15) is 35.3 Å². The first-order valence-electron chi connectivity index (χ1n) is 12.0. The van der Waals surface area contributed by atoms with Gasteiger partial charge in [-0.05, 0) is 24.1 Å². The summed E-state index contributed by atoms with van der Waals surface area (Å²) >= 11 is 6.53. The van der Waals surface area contributed by atoms with Crippen LogP contribution in [0.1, 0.15) is 41.6 Å². The van der Waals surface area contributed by atoms with Crippen molar-refractivity contribution < 1.29 is 38.1 Å². The average Bonchev–Trinajstić information content (AvgIpc) is 3.21. The van der Waals surface area contributed by atoms with E-state index >= 15 is 0 Å². The molecule has 4 aliphatic rings. The minimum Gasteiger partial charge on any atom is -0.496 e. The monoisotopic (exact) mass is 525 g/mol. The third-order valence-corrected chi connectivity index (χ3v) is 7.88. The molecule has 1 N–H and O–H groups in total. The Morgan fingerprint density at radius 2 is 1.70 bits per heavy atom. The lowest BCUT2D eigenvalue weighted by molar-refractivity contribution is -0.131. The largest absolute Gasteiger partial charge is 0.496 e. The lowest BCUT2D eigenvalue weighted by atomic mass is 9.66. The van der Waals surface area contributed by atoms with Crippen molar-refractivity contribution in [3.63, 3.8) is 0 Å². The molecule has 0 fully saturated rings. The third-order valence-electron chi connectivity index (χ3n) is 7.53. The smallest absolute Gasteiger partial charge is 0.236 e. The molecule has 0 aromatic heterocycles. The maximum absolute atomic E-state index is 14.4. The maximum Gasteiger partial charge on any atom is 0.236 e. The zero-order valence-electron chi connectivity index (χ0n) is 20.4. The molecule has 3 heterocycles. The minimum absolute atomic E-state index is 0.0354. The number of carbonyl (C=O) groups excluding carboxylic acids is 3. The molecule has 2 aromatic rings. The van der Waals surface area contributed by atoms with Gasteiger partial charge < -0.3 is 29.0 Å². The summed E-state index contributed by atoms with van der Waals surface area (Å²) in [6.07, 6.45) is 0.290. The number of methoxy groups -OCH3 is 2. The van der Waals surface area contributed by atoms with Crippen LogP contribution < -0.4 is 29.0 Å². The summed E-state index contributed by atoms with van der Waals surface area (Å²) in [5.74, 6) is -0.736. The van der Waals surface area contributed by atoms with Crippen LogP contribution in [-0.2, 0) is 9.59 Å². The van der Waals surface area contributed by atoms with Gasteiger partial charge in [-0.15, -0.1) is 0 Å². The highest BCUT2D eigenvalue weighted by Crippen LogP contribution is 2.55. The van der Waals surface area contributed by atoms with E-state index in [1.165, 1.54) is 20.3 Å². The number of Topliss-reactive ketones (excluding diaryl/α,β-unsaturated/α-hetero) is 2. The predicted octanol–water partition coefficient (Wildman–Crippen LogP) is 3.61. The molecule has 6 rings (SSSR count). The molecular weight excluding hydrogens is 502 g/mol. The van der Waals surface area contributed by atoms with E-state index in [4.69, 9.17) is 35.3 Å². The summed E-state index contributed by atoms with van der Waals surface area (Å²) in [6, 6.07) is 6.88. The van der Waals surface area contributed by atoms with Crippen molar-refractivity contribution in [3.8, 4) is 28.7 Å². The van der Waals surface area contributed by atoms with E-state index in [1.54, 1.807) is 19.1 Å². The van der Waals surface area contributed by atoms with Gasteiger partial charge in [0.25, 0.3) is 0 Å². The van der Waals surface area contributed by atoms with Crippen LogP contribution in [-0.4, -0.2) is 50.5 Å². The molecule has 1 aliphatic carbocycles. The molecule has 10 heteroatoms. The topological polar surface area (TPSA) is 109 Å². The van der Waals surface area contributed by atoms with Crippen LogP contribution in [0.3, 0.4) is 0 Å². The second-order valence-corrected chi connectivity index (χ2v) is 9.88. The van der Waals surface area contributed by atoms with Crippen molar-refractivity contribution >= 4 is 29.1 Å². The molecule has 2 aromatic carbocycles. The fraction of sp³-hybridized carbons (Fsp3) is 0.370. The Labute approximate surface area is 217 Å². The number of rotatable bonds is 3. The van der Waals surface area contributed by atoms with Crippen LogP contribution in [0.4, 0.5) is 0 Å². The third kappa shape index (κ3) is 3.26. The van der Waals surface area contributed by atoms with Crippen molar-refractivity contribution in [2.45, 2.75) is 31.3 Å². The molecule has 192 valence electrons. The van der Waals surface area contributed by atoms with Gasteiger partial charge in [-0.25, -0.2) is 0 Å². The quantitative estimate of drug-likeness (QED) is 0.605. The van der Waals surface area contributed by atoms with E-state index in [1.807, 2.05) is 6.07 Å². The van der Waals surface area contributed by atoms with Crippen molar-refractivity contribution in [3.05, 3.63) is 51.7 Å². The zero-order chi connectivity index (χ0) is 26.1. The van der Waals surface area contributed by atoms with Crippen molar-refractivity contribution in [2.24, 2.45) is 5.92 Å². The van der Waals surface area contributed by atoms with Crippen molar-refractivity contribution in [1.29, 1.82) is 0 Å². The molecule has 0 unspecified atom stereocenters. The van der Waals surface area contributed by atoms with Gasteiger partial charge in [-0.3, -0.25) is 14.4 Å². The molecule has 9 nitrogen and oxygen atoms in total. The number of fused-ring (bicyclic) bond motifs is 2. The van der Waals surface area contributed by atoms with Crippen LogP contribution in [0.5, 0.6) is 28.7 Å². The Morgan fingerprint density at radius 3 is 2.43 bits per heavy atom. The summed E-state index contributed by atoms with van der Waals surface area (Å²) in [5.41, 5.74) is -0.184. The summed E-state index contributed by atoms with van der Waals surface area (Å²) in [5, 5.41) is 2.95. The highest BCUT2D eigenvalue weighted by Gasteiger charge is 2.63. The number of hydrogen-bond acceptors (Lipinski definition) is 8. The zero-order valence-corrected chi connectivity index (χ0v) is 21.2. The molecule has 37 heavy (non-hydrogen) atoms. The number of hydrogen-bond donors (Lipinski definition) is 1. The second kappa shape index (κ2) is 8.41. The van der Waals surface area contributed by atoms with Gasteiger partial charge in [0, 0.05) is 35.6 Å². The Kier molecular flexibility index (Phi) is 5.38. The van der Waals surface area contributed by atoms with Crippen molar-refractivity contribution in [1.82, 2.24) is 5.32 Å². The number of benzene rings is 2. The van der Waals surface area contributed by atoms with Gasteiger partial charge in [-0.2, -0.15) is 0 Å². The maximum atomic E-state index is 14.4. The number of ketones is 2. The Balaban J connectivity index is 1.48. The molecular formula is C27H24ClNO8. The predicted molar refractivity (Wildman–Crippen MR) is 131 cm³/mol. The molecule has 3 aliphatic heterocycles. The number of allylic oxidation sites excluding steroid dienone is 1. The van der Waals surface area contributed by atoms with Gasteiger partial charge in [0.15, 0.2) is 17.2 Å². The Hall–Kier alpha value is -3.72. The number of carbonyl (C=O) groups is 3. The molecule has 0 bridgehead atoms. The number of nitrogens with one attached hydrogen (secondary N) is 1. The van der Waals surface area contributed by atoms with Gasteiger partial charge in [0.05, 0.1) is 14.2 Å². The van der Waals surface area contributed by atoms with E-state index < -0.39 is 29.0 Å². The molecule has 0 radical (unpaired) electrons. The van der Waals surface area contributed by atoms with Crippen LogP contribution >= 0.6 is 11.6 Å². The summed E-state index contributed by atoms with van der Waals surface area (Å²) in [6.45, 7) is 2.61. The van der Waals surface area contributed by atoms with Crippen LogP contribution in [0.15, 0.2) is 35.5 Å². The Bertz CT molecular complexity index is 1420. The summed E-state index contributed by atoms with van der Waals surface area (Å²) < 4.78 is 28.4. The number of ether oxygens (including phenoxy) is 5. The van der Waals surface area contributed by atoms with E-state index in [0.717, 1.165) is 0 Å². The molecule has 1 spiro atoms. The van der Waals surface area contributed by atoms with Crippen molar-refractivity contribution in [2.75, 3.05) is 27.4 Å². The van der Waals surface area contributed by atoms with E-state index in [9.17, 15) is 14.4 Å². The van der Waals surface area contributed by atoms with E-state index in [0.29, 0.717) is 41.5 Å². The van der Waals surface area contributed by atoms with Crippen LogP contribution in [0.25, 0.3) is 0 Å². The number of amides is 1. The summed E-state index contributed by atoms with van der Waals surface area (Å²) in [7, 11) is 2.86. The first-order chi connectivity index (χ1) is 17.8. The Morgan fingerprint density at radius 1 is 0.973 bits per heavy atom. The SMILES string of the molecule is COc1cc(OC)c2c(c1Cl)O[C@@]1(C(=O)C3=C(C[C@H]1C)NC(=O)C[C@H]3c1ccc3c(c1)OCCO3)C2=O. The fourth-order valence-corrected chi connectivity index (χ4v) is 6.02. The molecule has 3 atom stereocenters. The standard InChI is InChI=1S/C27H24ClNO8/c1-12-8-15-21(14(10-20(30)29-15)13-4-5-16-17(9-13)36-7-6-35-16)25(31)27(12)26(32)22-18(33-2)11-19(34-3)23(28)24(22)37-27/h4-5,9,11-12,14H,6-8,10H2,1-3H3,(H,29,30)/t12-,14+,27+/m1/s1. The first-order valence-corrected chi connectivity index (χ1v) is 12.3. The second-order valence-electron chi connectivity index (χ2n) is 9.50. The minimum atomic E-state index is -1.85. The first kappa shape index (κ1) is 23.7. The lowest BCUT2D eigenvalue weighted by Crippen LogP contribution is -2.59. The lowest BCUT2D eigenvalue weighted by Gasteiger charge is -2.41. The average molecular weight is 526 g/mol. The molecule has 0 saturated heterocycles. The van der Waals surface area contributed by atoms with E-state index in [-0.39, 0.29) is 46.6 Å². The van der Waals surface area contributed by atoms with Gasteiger partial charge in [0.2, 0.25) is 23.1 Å². The normalized spacial score (nSPS) is 25.9. The number of halogens is 1. The van der Waals surface area contributed by atoms with Gasteiger partial charge >= 0.3 is 0 Å². The van der Waals surface area contributed by atoms with Gasteiger partial charge in [-0.1, -0.05) is 24.6 Å². The fourth-order valence-electron chi connectivity index (χ4n) is 5.75. The van der Waals surface area contributed by atoms with E-state index in [2.05, 4.69) is 5.32 Å². The highest BCUT2D eigenvalue weighted by atomic mass is 35.5. The molecule has 0 saturated carbocycles. The van der Waals surface area contributed by atoms with Crippen LogP contribution in [0.2, 0.25) is 5.02 Å². The van der Waals surface area contributed by atoms with Crippen LogP contribution in [0, 0.1) is 5.92 Å². The summed E-state index contributed by atoms with van der Waals surface area (Å²) in [4.78, 5) is 41.1. The molecule has 1 amide bonds. The highest BCUT2D eigenvalue weighted by molar-refractivity contribution is 6.36.